The predicted molar refractivity (Wildman–Crippen MR) is 47.6 cm³/mol. The monoisotopic (exact) mass is 179 g/mol. The molecule has 0 saturated carbocycles. The summed E-state index contributed by atoms with van der Waals surface area (Å²) in [6, 6.07) is 3.91. The molecular weight excluding hydrogens is 166 g/mol. The maximum absolute atomic E-state index is 10.8. The Balaban J connectivity index is 4.13. The Morgan fingerprint density at radius 3 is 2.15 bits per heavy atom. The molecule has 0 N–H and O–H groups in total. The fraction of sp³-hybridized carbons (Fsp3) is 0.667. The van der Waals surface area contributed by atoms with E-state index in [2.05, 4.69) is 0 Å². The van der Waals surface area contributed by atoms with Crippen LogP contribution in [0, 0.1) is 22.7 Å². The van der Waals surface area contributed by atoms with Gasteiger partial charge < -0.3 is 0 Å². The molecule has 0 spiro atoms. The van der Waals surface area contributed by atoms with Crippen molar-refractivity contribution < 1.29 is 4.79 Å². The number of hydrogen-bond acceptors (Lipinski definition) is 4. The van der Waals surface area contributed by atoms with Gasteiger partial charge in [0.1, 0.15) is 5.78 Å². The molecule has 0 aromatic rings. The first-order valence-corrected chi connectivity index (χ1v) is 4.09. The van der Waals surface area contributed by atoms with Crippen molar-refractivity contribution in [1.82, 2.24) is 4.90 Å². The lowest BCUT2D eigenvalue weighted by atomic mass is 10.1. The minimum absolute atomic E-state index is 0.0307. The van der Waals surface area contributed by atoms with Crippen LogP contribution in [0.1, 0.15) is 20.3 Å². The molecule has 0 rings (SSSR count). The zero-order chi connectivity index (χ0) is 10.3. The number of hydrogen-bond donors (Lipinski definition) is 0. The molecule has 4 nitrogen and oxygen atoms in total. The highest BCUT2D eigenvalue weighted by Gasteiger charge is 2.14. The molecule has 0 aromatic carbocycles. The Morgan fingerprint density at radius 2 is 1.85 bits per heavy atom. The molecule has 1 atom stereocenters. The molecule has 1 unspecified atom stereocenters. The van der Waals surface area contributed by atoms with Gasteiger partial charge in [-0.3, -0.25) is 9.69 Å². The van der Waals surface area contributed by atoms with Gasteiger partial charge in [0.05, 0.1) is 25.2 Å². The summed E-state index contributed by atoms with van der Waals surface area (Å²) >= 11 is 0. The Morgan fingerprint density at radius 1 is 1.38 bits per heavy atom. The number of carbonyl (C=O) groups excluding carboxylic acids is 1. The van der Waals surface area contributed by atoms with Crippen molar-refractivity contribution >= 4 is 5.78 Å². The normalized spacial score (nSPS) is 11.8. The second-order valence-electron chi connectivity index (χ2n) is 2.98. The third kappa shape index (κ3) is 4.95. The van der Waals surface area contributed by atoms with Gasteiger partial charge in [0.2, 0.25) is 0 Å². The molecule has 0 heterocycles. The van der Waals surface area contributed by atoms with Gasteiger partial charge in [0.15, 0.2) is 0 Å². The Hall–Kier alpha value is -1.39. The molecule has 4 heteroatoms. The van der Waals surface area contributed by atoms with Crippen molar-refractivity contribution in [1.29, 1.82) is 10.5 Å². The van der Waals surface area contributed by atoms with E-state index < -0.39 is 0 Å². The van der Waals surface area contributed by atoms with E-state index in [4.69, 9.17) is 10.5 Å². The lowest BCUT2D eigenvalue weighted by Crippen LogP contribution is -2.35. The topological polar surface area (TPSA) is 67.9 Å². The molecule has 0 fully saturated rings. The van der Waals surface area contributed by atoms with E-state index in [1.165, 1.54) is 6.92 Å². The van der Waals surface area contributed by atoms with Gasteiger partial charge in [-0.05, 0) is 13.8 Å². The number of ketones is 1. The molecule has 0 saturated heterocycles. The number of Topliss-reactive ketones (excluding diaryl/α,β-unsaturated/α-hetero) is 1. The molecular formula is C9H13N3O. The van der Waals surface area contributed by atoms with E-state index >= 15 is 0 Å². The van der Waals surface area contributed by atoms with Gasteiger partial charge in [-0.15, -0.1) is 0 Å². The quantitative estimate of drug-likeness (QED) is 0.583. The second kappa shape index (κ2) is 6.16. The van der Waals surface area contributed by atoms with Crippen LogP contribution in [0.25, 0.3) is 0 Å². The minimum atomic E-state index is -0.0307. The molecule has 0 aromatic heterocycles. The molecule has 0 aliphatic heterocycles. The molecule has 70 valence electrons. The van der Waals surface area contributed by atoms with Crippen LogP contribution in [0.15, 0.2) is 0 Å². The van der Waals surface area contributed by atoms with E-state index in [0.29, 0.717) is 6.42 Å². The summed E-state index contributed by atoms with van der Waals surface area (Å²) in [6.07, 6.45) is 0.392. The Labute approximate surface area is 78.4 Å². The van der Waals surface area contributed by atoms with Crippen molar-refractivity contribution in [2.45, 2.75) is 26.3 Å². The van der Waals surface area contributed by atoms with Crippen LogP contribution < -0.4 is 0 Å². The van der Waals surface area contributed by atoms with E-state index in [1.807, 2.05) is 19.1 Å². The third-order valence-electron chi connectivity index (χ3n) is 1.75. The van der Waals surface area contributed by atoms with Gasteiger partial charge in [-0.2, -0.15) is 10.5 Å². The highest BCUT2D eigenvalue weighted by atomic mass is 16.1. The summed E-state index contributed by atoms with van der Waals surface area (Å²) in [5.41, 5.74) is 0. The predicted octanol–water partition coefficient (Wildman–Crippen LogP) is 0.703. The second-order valence-corrected chi connectivity index (χ2v) is 2.98. The van der Waals surface area contributed by atoms with Crippen LogP contribution in [0.3, 0.4) is 0 Å². The van der Waals surface area contributed by atoms with Crippen molar-refractivity contribution in [3.8, 4) is 12.1 Å². The summed E-state index contributed by atoms with van der Waals surface area (Å²) in [4.78, 5) is 12.5. The Kier molecular flexibility index (Phi) is 5.50. The highest BCUT2D eigenvalue weighted by Crippen LogP contribution is 2.02. The van der Waals surface area contributed by atoms with Gasteiger partial charge in [0.25, 0.3) is 0 Å². The molecule has 0 aliphatic rings. The van der Waals surface area contributed by atoms with E-state index in [9.17, 15) is 4.79 Å². The van der Waals surface area contributed by atoms with Crippen LogP contribution in [-0.2, 0) is 4.79 Å². The number of nitriles is 2. The van der Waals surface area contributed by atoms with Crippen LogP contribution >= 0.6 is 0 Å². The third-order valence-corrected chi connectivity index (χ3v) is 1.75. The van der Waals surface area contributed by atoms with Crippen LogP contribution in [0.2, 0.25) is 0 Å². The average Bonchev–Trinajstić information content (AvgIpc) is 2.02. The molecule has 13 heavy (non-hydrogen) atoms. The lowest BCUT2D eigenvalue weighted by Gasteiger charge is -2.22. The highest BCUT2D eigenvalue weighted by molar-refractivity contribution is 5.76. The first-order valence-electron chi connectivity index (χ1n) is 4.09. The van der Waals surface area contributed by atoms with E-state index in [1.54, 1.807) is 4.90 Å². The number of rotatable bonds is 5. The molecule has 0 bridgehead atoms. The lowest BCUT2D eigenvalue weighted by molar-refractivity contribution is -0.118. The first kappa shape index (κ1) is 11.6. The zero-order valence-corrected chi connectivity index (χ0v) is 7.95. The smallest absolute Gasteiger partial charge is 0.131 e. The standard InChI is InChI=1S/C9H13N3O/c1-8(7-9(2)13)12(5-3-10)6-4-11/h8H,5-7H2,1-2H3. The SMILES string of the molecule is CC(=O)CC(C)N(CC#N)CC#N. The number of nitrogens with zero attached hydrogens (tertiary/aromatic N) is 3. The maximum Gasteiger partial charge on any atom is 0.131 e. The van der Waals surface area contributed by atoms with Gasteiger partial charge in [0, 0.05) is 12.5 Å². The van der Waals surface area contributed by atoms with E-state index in [0.717, 1.165) is 0 Å². The summed E-state index contributed by atoms with van der Waals surface area (Å²) in [5.74, 6) is 0.0772. The van der Waals surface area contributed by atoms with Gasteiger partial charge >= 0.3 is 0 Å². The van der Waals surface area contributed by atoms with Crippen molar-refractivity contribution in [2.24, 2.45) is 0 Å². The minimum Gasteiger partial charge on any atom is -0.300 e. The zero-order valence-electron chi connectivity index (χ0n) is 7.95. The van der Waals surface area contributed by atoms with Gasteiger partial charge in [-0.25, -0.2) is 0 Å². The van der Waals surface area contributed by atoms with Gasteiger partial charge in [-0.1, -0.05) is 0 Å². The Bertz CT molecular complexity index is 233. The fourth-order valence-electron chi connectivity index (χ4n) is 1.09. The number of carbonyl (C=O) groups is 1. The largest absolute Gasteiger partial charge is 0.300 e. The van der Waals surface area contributed by atoms with E-state index in [-0.39, 0.29) is 24.9 Å². The van der Waals surface area contributed by atoms with Crippen molar-refractivity contribution in [3.05, 3.63) is 0 Å². The fourth-order valence-corrected chi connectivity index (χ4v) is 1.09. The molecule has 0 radical (unpaired) electrons. The maximum atomic E-state index is 10.8. The van der Waals surface area contributed by atoms with Crippen molar-refractivity contribution in [3.63, 3.8) is 0 Å². The summed E-state index contributed by atoms with van der Waals surface area (Å²) in [5, 5.41) is 16.9. The first-order chi connectivity index (χ1) is 6.11. The van der Waals surface area contributed by atoms with Crippen molar-refractivity contribution in [2.75, 3.05) is 13.1 Å². The molecule has 0 amide bonds. The average molecular weight is 179 g/mol. The van der Waals surface area contributed by atoms with Crippen LogP contribution in [0.4, 0.5) is 0 Å². The van der Waals surface area contributed by atoms with Crippen LogP contribution in [0.5, 0.6) is 0 Å². The summed E-state index contributed by atoms with van der Waals surface area (Å²) in [7, 11) is 0. The summed E-state index contributed by atoms with van der Waals surface area (Å²) < 4.78 is 0. The molecule has 0 aliphatic carbocycles. The summed E-state index contributed by atoms with van der Waals surface area (Å²) in [6.45, 7) is 3.74. The van der Waals surface area contributed by atoms with Crippen LogP contribution in [-0.4, -0.2) is 29.8 Å².